The van der Waals surface area contributed by atoms with E-state index >= 15 is 0 Å². The maximum absolute atomic E-state index is 10.6. The van der Waals surface area contributed by atoms with E-state index in [1.807, 2.05) is 30.3 Å². The van der Waals surface area contributed by atoms with Gasteiger partial charge in [-0.15, -0.1) is 12.4 Å². The largest absolute Gasteiger partial charge is 0.351 e. The van der Waals surface area contributed by atoms with Crippen LogP contribution >= 0.6 is 12.4 Å². The molecular formula is C8H11ClN2O. The van der Waals surface area contributed by atoms with Gasteiger partial charge in [-0.05, 0) is 12.1 Å². The summed E-state index contributed by atoms with van der Waals surface area (Å²) < 4.78 is 0. The standard InChI is InChI=1S/C8H10N2O.ClH/c1-10(8(9)11)7-5-3-2-4-6-7;/h2-6H,1H3,(H2,9,11);1H. The minimum absolute atomic E-state index is 0. The number of amides is 2. The van der Waals surface area contributed by atoms with Gasteiger partial charge in [0.05, 0.1) is 0 Å². The average molecular weight is 187 g/mol. The van der Waals surface area contributed by atoms with E-state index in [0.717, 1.165) is 5.69 Å². The van der Waals surface area contributed by atoms with Crippen molar-refractivity contribution in [2.45, 2.75) is 0 Å². The van der Waals surface area contributed by atoms with Crippen LogP contribution in [0, 0.1) is 0 Å². The van der Waals surface area contributed by atoms with Gasteiger partial charge in [0.25, 0.3) is 0 Å². The van der Waals surface area contributed by atoms with Gasteiger partial charge in [0, 0.05) is 12.7 Å². The highest BCUT2D eigenvalue weighted by Crippen LogP contribution is 2.09. The van der Waals surface area contributed by atoms with E-state index in [9.17, 15) is 4.79 Å². The van der Waals surface area contributed by atoms with Crippen molar-refractivity contribution in [3.63, 3.8) is 0 Å². The second kappa shape index (κ2) is 4.62. The summed E-state index contributed by atoms with van der Waals surface area (Å²) >= 11 is 0. The Kier molecular flexibility index (Phi) is 4.15. The van der Waals surface area contributed by atoms with Gasteiger partial charge >= 0.3 is 6.03 Å². The average Bonchev–Trinajstić information content (AvgIpc) is 2.05. The van der Waals surface area contributed by atoms with Gasteiger partial charge < -0.3 is 5.73 Å². The SMILES string of the molecule is CN(C(N)=O)c1ccccc1.Cl. The third-order valence-electron chi connectivity index (χ3n) is 1.47. The molecule has 0 saturated heterocycles. The lowest BCUT2D eigenvalue weighted by Gasteiger charge is -2.12. The highest BCUT2D eigenvalue weighted by Gasteiger charge is 2.03. The van der Waals surface area contributed by atoms with E-state index in [1.165, 1.54) is 4.90 Å². The van der Waals surface area contributed by atoms with E-state index in [4.69, 9.17) is 5.73 Å². The minimum atomic E-state index is -0.448. The van der Waals surface area contributed by atoms with Crippen LogP contribution in [0.15, 0.2) is 30.3 Å². The van der Waals surface area contributed by atoms with Crippen molar-refractivity contribution in [3.8, 4) is 0 Å². The fourth-order valence-corrected chi connectivity index (χ4v) is 0.779. The summed E-state index contributed by atoms with van der Waals surface area (Å²) in [4.78, 5) is 12.0. The molecule has 0 aromatic heterocycles. The molecule has 0 aliphatic carbocycles. The number of carbonyl (C=O) groups excluding carboxylic acids is 1. The third kappa shape index (κ3) is 2.43. The number of carbonyl (C=O) groups is 1. The maximum Gasteiger partial charge on any atom is 0.318 e. The number of primary amides is 1. The van der Waals surface area contributed by atoms with Gasteiger partial charge in [-0.1, -0.05) is 18.2 Å². The molecule has 4 heteroatoms. The Hall–Kier alpha value is -1.22. The third-order valence-corrected chi connectivity index (χ3v) is 1.47. The number of hydrogen-bond donors (Lipinski definition) is 1. The van der Waals surface area contributed by atoms with Crippen molar-refractivity contribution in [1.29, 1.82) is 0 Å². The molecule has 3 nitrogen and oxygen atoms in total. The zero-order valence-corrected chi connectivity index (χ0v) is 7.54. The fourth-order valence-electron chi connectivity index (χ4n) is 0.779. The number of rotatable bonds is 1. The van der Waals surface area contributed by atoms with Gasteiger partial charge in [0.15, 0.2) is 0 Å². The van der Waals surface area contributed by atoms with E-state index in [2.05, 4.69) is 0 Å². The predicted molar refractivity (Wildman–Crippen MR) is 51.7 cm³/mol. The molecule has 0 fully saturated rings. The van der Waals surface area contributed by atoms with Gasteiger partial charge in [-0.2, -0.15) is 0 Å². The van der Waals surface area contributed by atoms with Crippen LogP contribution < -0.4 is 10.6 Å². The quantitative estimate of drug-likeness (QED) is 0.712. The first-order chi connectivity index (χ1) is 5.22. The molecule has 1 aromatic rings. The zero-order valence-electron chi connectivity index (χ0n) is 6.73. The summed E-state index contributed by atoms with van der Waals surface area (Å²) in [6.07, 6.45) is 0. The molecule has 0 radical (unpaired) electrons. The summed E-state index contributed by atoms with van der Waals surface area (Å²) in [5.41, 5.74) is 5.86. The fraction of sp³-hybridized carbons (Fsp3) is 0.125. The molecule has 0 unspecified atom stereocenters. The highest BCUT2D eigenvalue weighted by molar-refractivity contribution is 5.89. The monoisotopic (exact) mass is 186 g/mol. The van der Waals surface area contributed by atoms with Crippen LogP contribution in [0.2, 0.25) is 0 Å². The zero-order chi connectivity index (χ0) is 8.27. The summed E-state index contributed by atoms with van der Waals surface area (Å²) in [5, 5.41) is 0. The van der Waals surface area contributed by atoms with E-state index in [1.54, 1.807) is 7.05 Å². The van der Waals surface area contributed by atoms with Gasteiger partial charge in [-0.3, -0.25) is 4.90 Å². The number of benzene rings is 1. The highest BCUT2D eigenvalue weighted by atomic mass is 35.5. The lowest BCUT2D eigenvalue weighted by atomic mass is 10.3. The Morgan fingerprint density at radius 2 is 1.83 bits per heavy atom. The first kappa shape index (κ1) is 10.8. The van der Waals surface area contributed by atoms with Crippen LogP contribution in [0.25, 0.3) is 0 Å². The number of urea groups is 1. The molecule has 12 heavy (non-hydrogen) atoms. The van der Waals surface area contributed by atoms with Crippen LogP contribution in [0.3, 0.4) is 0 Å². The molecular weight excluding hydrogens is 176 g/mol. The molecule has 0 heterocycles. The van der Waals surface area contributed by atoms with E-state index < -0.39 is 6.03 Å². The number of halogens is 1. The van der Waals surface area contributed by atoms with Crippen LogP contribution in [-0.2, 0) is 0 Å². The molecule has 0 atom stereocenters. The Morgan fingerprint density at radius 1 is 1.33 bits per heavy atom. The molecule has 0 spiro atoms. The topological polar surface area (TPSA) is 46.3 Å². The second-order valence-corrected chi connectivity index (χ2v) is 2.23. The Balaban J connectivity index is 0.00000121. The summed E-state index contributed by atoms with van der Waals surface area (Å²) in [6, 6.07) is 8.80. The van der Waals surface area contributed by atoms with Crippen LogP contribution in [0.1, 0.15) is 0 Å². The maximum atomic E-state index is 10.6. The normalized spacial score (nSPS) is 8.42. The molecule has 0 aliphatic rings. The van der Waals surface area contributed by atoms with Crippen LogP contribution in [0.5, 0.6) is 0 Å². The van der Waals surface area contributed by atoms with Crippen molar-refractivity contribution < 1.29 is 4.79 Å². The van der Waals surface area contributed by atoms with Crippen molar-refractivity contribution in [3.05, 3.63) is 30.3 Å². The van der Waals surface area contributed by atoms with Gasteiger partial charge in [0.2, 0.25) is 0 Å². The first-order valence-corrected chi connectivity index (χ1v) is 3.30. The van der Waals surface area contributed by atoms with Gasteiger partial charge in [0.1, 0.15) is 0 Å². The van der Waals surface area contributed by atoms with Crippen LogP contribution in [0.4, 0.5) is 10.5 Å². The van der Waals surface area contributed by atoms with Crippen molar-refractivity contribution in [2.75, 3.05) is 11.9 Å². The van der Waals surface area contributed by atoms with Crippen molar-refractivity contribution >= 4 is 24.1 Å². The van der Waals surface area contributed by atoms with E-state index in [0.29, 0.717) is 0 Å². The van der Waals surface area contributed by atoms with E-state index in [-0.39, 0.29) is 12.4 Å². The molecule has 66 valence electrons. The summed E-state index contributed by atoms with van der Waals surface area (Å²) in [7, 11) is 1.64. The number of nitrogens with zero attached hydrogens (tertiary/aromatic N) is 1. The Labute approximate surface area is 77.6 Å². The van der Waals surface area contributed by atoms with Crippen LogP contribution in [-0.4, -0.2) is 13.1 Å². The van der Waals surface area contributed by atoms with Crippen molar-refractivity contribution in [1.82, 2.24) is 0 Å². The lowest BCUT2D eigenvalue weighted by Crippen LogP contribution is -2.31. The first-order valence-electron chi connectivity index (χ1n) is 3.30. The number of hydrogen-bond acceptors (Lipinski definition) is 1. The summed E-state index contributed by atoms with van der Waals surface area (Å²) in [5.74, 6) is 0. The molecule has 0 bridgehead atoms. The molecule has 2 N–H and O–H groups in total. The van der Waals surface area contributed by atoms with Gasteiger partial charge in [-0.25, -0.2) is 4.79 Å². The summed E-state index contributed by atoms with van der Waals surface area (Å²) in [6.45, 7) is 0. The number of anilines is 1. The molecule has 1 rings (SSSR count). The number of nitrogens with two attached hydrogens (primary N) is 1. The Morgan fingerprint density at radius 3 is 2.25 bits per heavy atom. The molecule has 0 saturated carbocycles. The number of para-hydroxylation sites is 1. The smallest absolute Gasteiger partial charge is 0.318 e. The second-order valence-electron chi connectivity index (χ2n) is 2.23. The lowest BCUT2D eigenvalue weighted by molar-refractivity contribution is 0.255. The Bertz CT molecular complexity index is 250. The molecule has 0 aliphatic heterocycles. The molecule has 2 amide bonds. The predicted octanol–water partition coefficient (Wildman–Crippen LogP) is 1.62. The molecule has 1 aromatic carbocycles. The van der Waals surface area contributed by atoms with Crippen molar-refractivity contribution in [2.24, 2.45) is 5.73 Å². The minimum Gasteiger partial charge on any atom is -0.351 e.